The summed E-state index contributed by atoms with van der Waals surface area (Å²) in [6, 6.07) is 15.9. The van der Waals surface area contributed by atoms with Crippen LogP contribution in [0.3, 0.4) is 0 Å². The normalized spacial score (nSPS) is 11.5. The van der Waals surface area contributed by atoms with Crippen LogP contribution in [0.2, 0.25) is 0 Å². The standard InChI is InChI=1S/C19H11N3O/c1-2-4-15-12(3-1)5-6-16(22-15)17-9-19-14(11-21-17)13-10-20-8-7-18(13)23-19/h1-11H. The summed E-state index contributed by atoms with van der Waals surface area (Å²) in [6.45, 7) is 0. The Morgan fingerprint density at radius 2 is 1.70 bits per heavy atom. The lowest BCUT2D eigenvalue weighted by Gasteiger charge is -2.02. The fourth-order valence-electron chi connectivity index (χ4n) is 2.86. The van der Waals surface area contributed by atoms with E-state index >= 15 is 0 Å². The summed E-state index contributed by atoms with van der Waals surface area (Å²) in [6.07, 6.45) is 5.36. The molecule has 5 aromatic rings. The zero-order valence-electron chi connectivity index (χ0n) is 12.1. The van der Waals surface area contributed by atoms with Crippen LogP contribution in [-0.4, -0.2) is 15.0 Å². The Bertz CT molecular complexity index is 1180. The molecule has 5 rings (SSSR count). The number of hydrogen-bond donors (Lipinski definition) is 0. The van der Waals surface area contributed by atoms with Gasteiger partial charge in [0.25, 0.3) is 0 Å². The molecule has 4 nitrogen and oxygen atoms in total. The van der Waals surface area contributed by atoms with Crippen molar-refractivity contribution in [2.45, 2.75) is 0 Å². The molecule has 0 aliphatic rings. The molecule has 0 aliphatic carbocycles. The van der Waals surface area contributed by atoms with Crippen molar-refractivity contribution in [2.75, 3.05) is 0 Å². The lowest BCUT2D eigenvalue weighted by molar-refractivity contribution is 0.668. The number of aromatic nitrogens is 3. The first-order chi connectivity index (χ1) is 11.4. The van der Waals surface area contributed by atoms with Gasteiger partial charge in [-0.2, -0.15) is 0 Å². The van der Waals surface area contributed by atoms with Gasteiger partial charge in [0, 0.05) is 40.8 Å². The van der Waals surface area contributed by atoms with E-state index in [1.54, 1.807) is 12.4 Å². The summed E-state index contributed by atoms with van der Waals surface area (Å²) in [5.74, 6) is 0. The summed E-state index contributed by atoms with van der Waals surface area (Å²) < 4.78 is 5.89. The number of para-hydroxylation sites is 1. The average Bonchev–Trinajstić information content (AvgIpc) is 2.99. The minimum atomic E-state index is 0.799. The van der Waals surface area contributed by atoms with E-state index < -0.39 is 0 Å². The first kappa shape index (κ1) is 12.3. The molecular weight excluding hydrogens is 286 g/mol. The second-order valence-corrected chi connectivity index (χ2v) is 5.43. The van der Waals surface area contributed by atoms with Crippen LogP contribution in [0.15, 0.2) is 71.5 Å². The Labute approximate surface area is 131 Å². The predicted octanol–water partition coefficient (Wildman–Crippen LogP) is 4.59. The minimum absolute atomic E-state index is 0.799. The van der Waals surface area contributed by atoms with E-state index in [-0.39, 0.29) is 0 Å². The third-order valence-corrected chi connectivity index (χ3v) is 4.02. The second kappa shape index (κ2) is 4.61. The molecular formula is C19H11N3O. The van der Waals surface area contributed by atoms with Gasteiger partial charge in [-0.1, -0.05) is 24.3 Å². The van der Waals surface area contributed by atoms with Crippen molar-refractivity contribution in [1.29, 1.82) is 0 Å². The van der Waals surface area contributed by atoms with Crippen molar-refractivity contribution in [1.82, 2.24) is 15.0 Å². The maximum absolute atomic E-state index is 5.89. The predicted molar refractivity (Wildman–Crippen MR) is 90.0 cm³/mol. The maximum Gasteiger partial charge on any atom is 0.139 e. The van der Waals surface area contributed by atoms with Crippen LogP contribution in [-0.2, 0) is 0 Å². The van der Waals surface area contributed by atoms with Crippen LogP contribution in [0, 0.1) is 0 Å². The van der Waals surface area contributed by atoms with Gasteiger partial charge in [0.15, 0.2) is 0 Å². The van der Waals surface area contributed by atoms with E-state index in [9.17, 15) is 0 Å². The van der Waals surface area contributed by atoms with Gasteiger partial charge in [0.05, 0.1) is 16.9 Å². The van der Waals surface area contributed by atoms with Gasteiger partial charge < -0.3 is 4.42 Å². The first-order valence-electron chi connectivity index (χ1n) is 7.37. The molecule has 108 valence electrons. The van der Waals surface area contributed by atoms with E-state index in [1.807, 2.05) is 42.6 Å². The molecule has 0 saturated heterocycles. The van der Waals surface area contributed by atoms with Crippen molar-refractivity contribution in [3.63, 3.8) is 0 Å². The van der Waals surface area contributed by atoms with Crippen LogP contribution < -0.4 is 0 Å². The molecule has 0 fully saturated rings. The fourth-order valence-corrected chi connectivity index (χ4v) is 2.86. The molecule has 0 N–H and O–H groups in total. The fraction of sp³-hybridized carbons (Fsp3) is 0. The summed E-state index contributed by atoms with van der Waals surface area (Å²) in [5, 5.41) is 3.07. The lowest BCUT2D eigenvalue weighted by atomic mass is 10.1. The van der Waals surface area contributed by atoms with Crippen molar-refractivity contribution in [3.05, 3.63) is 67.1 Å². The van der Waals surface area contributed by atoms with Crippen LogP contribution in [0.5, 0.6) is 0 Å². The van der Waals surface area contributed by atoms with Gasteiger partial charge in [-0.15, -0.1) is 0 Å². The highest BCUT2D eigenvalue weighted by atomic mass is 16.3. The van der Waals surface area contributed by atoms with E-state index in [0.29, 0.717) is 0 Å². The number of fused-ring (bicyclic) bond motifs is 4. The van der Waals surface area contributed by atoms with Crippen molar-refractivity contribution in [3.8, 4) is 11.4 Å². The van der Waals surface area contributed by atoms with Gasteiger partial charge in [-0.3, -0.25) is 9.97 Å². The number of pyridine rings is 3. The summed E-state index contributed by atoms with van der Waals surface area (Å²) in [5.41, 5.74) is 4.22. The highest BCUT2D eigenvalue weighted by Gasteiger charge is 2.10. The van der Waals surface area contributed by atoms with Gasteiger partial charge >= 0.3 is 0 Å². The smallest absolute Gasteiger partial charge is 0.139 e. The summed E-state index contributed by atoms with van der Waals surface area (Å²) in [4.78, 5) is 13.4. The lowest BCUT2D eigenvalue weighted by Crippen LogP contribution is -1.88. The molecule has 0 saturated carbocycles. The van der Waals surface area contributed by atoms with Crippen molar-refractivity contribution < 1.29 is 4.42 Å². The quantitative estimate of drug-likeness (QED) is 0.454. The largest absolute Gasteiger partial charge is 0.456 e. The monoisotopic (exact) mass is 297 g/mol. The SMILES string of the molecule is c1ccc2nc(-c3cc4oc5ccncc5c4cn3)ccc2c1. The van der Waals surface area contributed by atoms with E-state index in [4.69, 9.17) is 4.42 Å². The first-order valence-corrected chi connectivity index (χ1v) is 7.37. The highest BCUT2D eigenvalue weighted by molar-refractivity contribution is 6.04. The molecule has 0 aliphatic heterocycles. The summed E-state index contributed by atoms with van der Waals surface area (Å²) >= 11 is 0. The highest BCUT2D eigenvalue weighted by Crippen LogP contribution is 2.30. The Kier molecular flexibility index (Phi) is 2.46. The number of nitrogens with zero attached hydrogens (tertiary/aromatic N) is 3. The Hall–Kier alpha value is -3.27. The van der Waals surface area contributed by atoms with Crippen LogP contribution in [0.25, 0.3) is 44.2 Å². The minimum Gasteiger partial charge on any atom is -0.456 e. The second-order valence-electron chi connectivity index (χ2n) is 5.43. The molecule has 4 heterocycles. The van der Waals surface area contributed by atoms with Gasteiger partial charge in [-0.05, 0) is 18.2 Å². The van der Waals surface area contributed by atoms with Crippen molar-refractivity contribution in [2.24, 2.45) is 0 Å². The Balaban J connectivity index is 1.73. The molecule has 0 atom stereocenters. The van der Waals surface area contributed by atoms with Gasteiger partial charge in [-0.25, -0.2) is 4.98 Å². The average molecular weight is 297 g/mol. The molecule has 4 heteroatoms. The molecule has 0 spiro atoms. The van der Waals surface area contributed by atoms with E-state index in [0.717, 1.165) is 44.2 Å². The number of rotatable bonds is 1. The third kappa shape index (κ3) is 1.89. The topological polar surface area (TPSA) is 51.8 Å². The van der Waals surface area contributed by atoms with Crippen LogP contribution in [0.4, 0.5) is 0 Å². The Morgan fingerprint density at radius 1 is 0.783 bits per heavy atom. The van der Waals surface area contributed by atoms with Gasteiger partial charge in [0.1, 0.15) is 11.2 Å². The molecule has 23 heavy (non-hydrogen) atoms. The zero-order valence-corrected chi connectivity index (χ0v) is 12.1. The third-order valence-electron chi connectivity index (χ3n) is 4.02. The van der Waals surface area contributed by atoms with E-state index in [2.05, 4.69) is 27.1 Å². The van der Waals surface area contributed by atoms with Gasteiger partial charge in [0.2, 0.25) is 0 Å². The molecule has 0 unspecified atom stereocenters. The van der Waals surface area contributed by atoms with E-state index in [1.165, 1.54) is 0 Å². The molecule has 1 aromatic carbocycles. The van der Waals surface area contributed by atoms with Crippen molar-refractivity contribution >= 4 is 32.8 Å². The maximum atomic E-state index is 5.89. The molecule has 4 aromatic heterocycles. The molecule has 0 amide bonds. The number of benzene rings is 1. The molecule has 0 radical (unpaired) electrons. The van der Waals surface area contributed by atoms with Crippen LogP contribution >= 0.6 is 0 Å². The zero-order chi connectivity index (χ0) is 15.2. The molecule has 0 bridgehead atoms. The summed E-state index contributed by atoms with van der Waals surface area (Å²) in [7, 11) is 0. The number of hydrogen-bond acceptors (Lipinski definition) is 4. The van der Waals surface area contributed by atoms with Crippen LogP contribution in [0.1, 0.15) is 0 Å². The Morgan fingerprint density at radius 3 is 2.70 bits per heavy atom. The number of furan rings is 1.